The minimum atomic E-state index is -0.585. The minimum absolute atomic E-state index is 0.366. The first kappa shape index (κ1) is 23.1. The zero-order valence-electron chi connectivity index (χ0n) is 19.2. The van der Waals surface area contributed by atoms with Crippen LogP contribution in [0.5, 0.6) is 0 Å². The van der Waals surface area contributed by atoms with Crippen molar-refractivity contribution < 1.29 is 4.79 Å². The molecule has 5 aromatic rings. The van der Waals surface area contributed by atoms with Crippen molar-refractivity contribution in [1.82, 2.24) is 4.98 Å². The number of benzene rings is 3. The van der Waals surface area contributed by atoms with Gasteiger partial charge in [0.15, 0.2) is 0 Å². The molecule has 0 atom stereocenters. The molecule has 0 radical (unpaired) electrons. The summed E-state index contributed by atoms with van der Waals surface area (Å²) < 4.78 is 1.02. The number of primary amides is 1. The lowest BCUT2D eigenvalue weighted by atomic mass is 10.0. The highest BCUT2D eigenvalue weighted by atomic mass is 32.1. The van der Waals surface area contributed by atoms with E-state index < -0.39 is 6.03 Å². The molecule has 0 aliphatic rings. The molecule has 6 N–H and O–H groups in total. The van der Waals surface area contributed by atoms with E-state index in [1.54, 1.807) is 29.7 Å². The number of rotatable bonds is 5. The first-order valence-electron chi connectivity index (χ1n) is 11.2. The molecular formula is C28H22N6OS. The van der Waals surface area contributed by atoms with Gasteiger partial charge in [-0.3, -0.25) is 4.90 Å². The standard InChI is InChI=1S/C28H22N6OS/c29-13-17-4-6-19(7-5-17)23-15-33-27(31)25-24(16-36-26(23)25)20-8-10-21(11-9-20)34(28(32)35)22-3-1-2-18(12-22)14-30/h1-12,15-16H,14,30H2,(H2,31,33)(H2,32,35). The van der Waals surface area contributed by atoms with Gasteiger partial charge < -0.3 is 17.2 Å². The first-order valence-corrected chi connectivity index (χ1v) is 12.0. The molecule has 0 bridgehead atoms. The molecule has 2 amide bonds. The van der Waals surface area contributed by atoms with Crippen LogP contribution in [0.4, 0.5) is 22.0 Å². The Morgan fingerprint density at radius 2 is 1.67 bits per heavy atom. The van der Waals surface area contributed by atoms with Crippen LogP contribution in [0.25, 0.3) is 32.3 Å². The zero-order valence-corrected chi connectivity index (χ0v) is 20.0. The normalized spacial score (nSPS) is 10.8. The number of hydrogen-bond donors (Lipinski definition) is 3. The Bertz CT molecular complexity index is 1620. The highest BCUT2D eigenvalue weighted by Crippen LogP contribution is 2.42. The molecule has 2 aromatic heterocycles. The topological polar surface area (TPSA) is 135 Å². The van der Waals surface area contributed by atoms with Crippen LogP contribution in [0.2, 0.25) is 0 Å². The van der Waals surface area contributed by atoms with Gasteiger partial charge in [0, 0.05) is 34.0 Å². The van der Waals surface area contributed by atoms with Gasteiger partial charge in [0.2, 0.25) is 0 Å². The number of amides is 2. The summed E-state index contributed by atoms with van der Waals surface area (Å²) in [6, 6.07) is 24.0. The van der Waals surface area contributed by atoms with Crippen molar-refractivity contribution in [2.75, 3.05) is 10.6 Å². The predicted molar refractivity (Wildman–Crippen MR) is 146 cm³/mol. The summed E-state index contributed by atoms with van der Waals surface area (Å²) in [6.07, 6.45) is 1.77. The van der Waals surface area contributed by atoms with Gasteiger partial charge >= 0.3 is 6.03 Å². The Kier molecular flexibility index (Phi) is 6.09. The largest absolute Gasteiger partial charge is 0.383 e. The van der Waals surface area contributed by atoms with Gasteiger partial charge in [-0.2, -0.15) is 5.26 Å². The number of thiophene rings is 1. The third-order valence-electron chi connectivity index (χ3n) is 6.01. The number of aromatic nitrogens is 1. The molecule has 0 aliphatic heterocycles. The van der Waals surface area contributed by atoms with E-state index in [9.17, 15) is 4.79 Å². The monoisotopic (exact) mass is 490 g/mol. The Morgan fingerprint density at radius 3 is 2.33 bits per heavy atom. The second-order valence-electron chi connectivity index (χ2n) is 8.19. The van der Waals surface area contributed by atoms with Gasteiger partial charge in [-0.1, -0.05) is 36.4 Å². The number of carbonyl (C=O) groups is 1. The molecule has 2 heterocycles. The van der Waals surface area contributed by atoms with Crippen LogP contribution >= 0.6 is 11.3 Å². The van der Waals surface area contributed by atoms with Crippen LogP contribution in [-0.4, -0.2) is 11.0 Å². The molecule has 8 heteroatoms. The van der Waals surface area contributed by atoms with Gasteiger partial charge in [-0.05, 0) is 58.5 Å². The van der Waals surface area contributed by atoms with Crippen LogP contribution in [-0.2, 0) is 6.54 Å². The molecular weight excluding hydrogens is 468 g/mol. The molecule has 176 valence electrons. The van der Waals surface area contributed by atoms with Crippen LogP contribution in [0, 0.1) is 11.3 Å². The number of hydrogen-bond acceptors (Lipinski definition) is 6. The van der Waals surface area contributed by atoms with Crippen molar-refractivity contribution in [3.05, 3.63) is 95.5 Å². The third kappa shape index (κ3) is 4.14. The first-order chi connectivity index (χ1) is 17.5. The highest BCUT2D eigenvalue weighted by molar-refractivity contribution is 7.18. The third-order valence-corrected chi connectivity index (χ3v) is 7.02. The molecule has 0 spiro atoms. The number of nitriles is 1. The van der Waals surface area contributed by atoms with Crippen molar-refractivity contribution in [3.8, 4) is 28.3 Å². The molecule has 5 rings (SSSR count). The van der Waals surface area contributed by atoms with E-state index in [4.69, 9.17) is 22.5 Å². The molecule has 36 heavy (non-hydrogen) atoms. The van der Waals surface area contributed by atoms with Crippen molar-refractivity contribution in [2.24, 2.45) is 11.5 Å². The van der Waals surface area contributed by atoms with E-state index in [1.807, 2.05) is 60.7 Å². The Hall–Kier alpha value is -4.71. The van der Waals surface area contributed by atoms with Crippen LogP contribution < -0.4 is 22.1 Å². The lowest BCUT2D eigenvalue weighted by Crippen LogP contribution is -2.31. The summed E-state index contributed by atoms with van der Waals surface area (Å²) in [5.41, 5.74) is 24.4. The fraction of sp³-hybridized carbons (Fsp3) is 0.0357. The number of nitrogens with zero attached hydrogens (tertiary/aromatic N) is 3. The molecule has 0 saturated heterocycles. The summed E-state index contributed by atoms with van der Waals surface area (Å²) in [6.45, 7) is 0.366. The summed E-state index contributed by atoms with van der Waals surface area (Å²) >= 11 is 1.59. The number of carbonyl (C=O) groups excluding carboxylic acids is 1. The average Bonchev–Trinajstić information content (AvgIpc) is 3.36. The van der Waals surface area contributed by atoms with E-state index in [1.165, 1.54) is 4.90 Å². The number of nitrogens with two attached hydrogens (primary N) is 3. The maximum atomic E-state index is 12.3. The van der Waals surface area contributed by atoms with E-state index in [0.717, 1.165) is 37.9 Å². The second-order valence-corrected chi connectivity index (χ2v) is 9.07. The van der Waals surface area contributed by atoms with Gasteiger partial charge in [-0.25, -0.2) is 9.78 Å². The maximum absolute atomic E-state index is 12.3. The summed E-state index contributed by atoms with van der Waals surface area (Å²) in [4.78, 5) is 18.2. The molecule has 0 aliphatic carbocycles. The van der Waals surface area contributed by atoms with E-state index in [0.29, 0.717) is 29.3 Å². The Balaban J connectivity index is 1.55. The second kappa shape index (κ2) is 9.50. The Morgan fingerprint density at radius 1 is 0.972 bits per heavy atom. The lowest BCUT2D eigenvalue weighted by molar-refractivity contribution is 0.256. The average molecular weight is 491 g/mol. The SMILES string of the molecule is N#Cc1ccc(-c2cnc(N)c3c(-c4ccc(N(C(N)=O)c5cccc(CN)c5)cc4)csc23)cc1. The van der Waals surface area contributed by atoms with Gasteiger partial charge in [0.05, 0.1) is 23.0 Å². The molecule has 0 fully saturated rings. The van der Waals surface area contributed by atoms with E-state index in [-0.39, 0.29) is 0 Å². The van der Waals surface area contributed by atoms with Crippen LogP contribution in [0.3, 0.4) is 0 Å². The fourth-order valence-corrected chi connectivity index (χ4v) is 5.35. The smallest absolute Gasteiger partial charge is 0.323 e. The van der Waals surface area contributed by atoms with Gasteiger partial charge in [0.1, 0.15) is 5.82 Å². The number of pyridine rings is 1. The fourth-order valence-electron chi connectivity index (χ4n) is 4.23. The molecule has 0 unspecified atom stereocenters. The van der Waals surface area contributed by atoms with Gasteiger partial charge in [0.25, 0.3) is 0 Å². The van der Waals surface area contributed by atoms with Crippen molar-refractivity contribution in [3.63, 3.8) is 0 Å². The van der Waals surface area contributed by atoms with Crippen molar-refractivity contribution in [1.29, 1.82) is 5.26 Å². The van der Waals surface area contributed by atoms with E-state index in [2.05, 4.69) is 16.4 Å². The van der Waals surface area contributed by atoms with Crippen molar-refractivity contribution in [2.45, 2.75) is 6.54 Å². The predicted octanol–water partition coefficient (Wildman–Crippen LogP) is 5.76. The summed E-state index contributed by atoms with van der Waals surface area (Å²) in [7, 11) is 0. The van der Waals surface area contributed by atoms with Crippen LogP contribution in [0.15, 0.2) is 84.4 Å². The number of urea groups is 1. The van der Waals surface area contributed by atoms with Crippen molar-refractivity contribution >= 4 is 44.6 Å². The van der Waals surface area contributed by atoms with Gasteiger partial charge in [-0.15, -0.1) is 11.3 Å². The zero-order chi connectivity index (χ0) is 25.2. The molecule has 7 nitrogen and oxygen atoms in total. The Labute approximate surface area is 212 Å². The quantitative estimate of drug-likeness (QED) is 0.288. The summed E-state index contributed by atoms with van der Waals surface area (Å²) in [5, 5.41) is 12.0. The molecule has 3 aromatic carbocycles. The minimum Gasteiger partial charge on any atom is -0.383 e. The number of fused-ring (bicyclic) bond motifs is 1. The number of anilines is 3. The highest BCUT2D eigenvalue weighted by Gasteiger charge is 2.18. The number of nitrogen functional groups attached to an aromatic ring is 1. The summed E-state index contributed by atoms with van der Waals surface area (Å²) in [5.74, 6) is 0.445. The molecule has 0 saturated carbocycles. The lowest BCUT2D eigenvalue weighted by Gasteiger charge is -2.21. The van der Waals surface area contributed by atoms with Crippen LogP contribution in [0.1, 0.15) is 11.1 Å². The van der Waals surface area contributed by atoms with E-state index >= 15 is 0 Å². The maximum Gasteiger partial charge on any atom is 0.323 e.